The first-order chi connectivity index (χ1) is 25.1. The van der Waals surface area contributed by atoms with Crippen LogP contribution in [-0.4, -0.2) is 9.97 Å². The Morgan fingerprint density at radius 2 is 1.02 bits per heavy atom. The van der Waals surface area contributed by atoms with Crippen LogP contribution in [0.1, 0.15) is 23.6 Å². The molecule has 0 radical (unpaired) electrons. The molecule has 1 aliphatic carbocycles. The first kappa shape index (κ1) is 29.3. The number of fused-ring (bicyclic) bond motifs is 6. The van der Waals surface area contributed by atoms with Crippen molar-refractivity contribution in [2.24, 2.45) is 0 Å². The zero-order valence-corrected chi connectivity index (χ0v) is 28.0. The average Bonchev–Trinajstić information content (AvgIpc) is 3.72. The van der Waals surface area contributed by atoms with Crippen molar-refractivity contribution < 1.29 is 4.42 Å². The quantitative estimate of drug-likeness (QED) is 0.186. The highest BCUT2D eigenvalue weighted by Crippen LogP contribution is 2.52. The Hall–Kier alpha value is -6.58. The predicted molar refractivity (Wildman–Crippen MR) is 208 cm³/mol. The fourth-order valence-electron chi connectivity index (χ4n) is 8.01. The maximum atomic E-state index is 6.43. The smallest absolute Gasteiger partial charge is 0.160 e. The lowest BCUT2D eigenvalue weighted by atomic mass is 9.74. The van der Waals surface area contributed by atoms with Gasteiger partial charge in [-0.3, -0.25) is 0 Å². The van der Waals surface area contributed by atoms with Crippen molar-refractivity contribution in [2.45, 2.75) is 12.3 Å². The Balaban J connectivity index is 1.06. The van der Waals surface area contributed by atoms with Crippen molar-refractivity contribution in [3.8, 4) is 56.2 Å². The van der Waals surface area contributed by atoms with E-state index >= 15 is 0 Å². The van der Waals surface area contributed by atoms with Gasteiger partial charge >= 0.3 is 0 Å². The van der Waals surface area contributed by atoms with E-state index in [1.165, 1.54) is 33.4 Å². The van der Waals surface area contributed by atoms with Crippen molar-refractivity contribution in [3.05, 3.63) is 193 Å². The van der Waals surface area contributed by atoms with Gasteiger partial charge in [-0.05, 0) is 70.1 Å². The Morgan fingerprint density at radius 3 is 1.80 bits per heavy atom. The van der Waals surface area contributed by atoms with Gasteiger partial charge in [0.15, 0.2) is 5.82 Å². The number of para-hydroxylation sites is 2. The molecule has 2 heterocycles. The first-order valence-corrected chi connectivity index (χ1v) is 17.4. The molecule has 1 aliphatic rings. The van der Waals surface area contributed by atoms with Crippen molar-refractivity contribution in [2.75, 3.05) is 0 Å². The third kappa shape index (κ3) is 4.66. The highest BCUT2D eigenvalue weighted by molar-refractivity contribution is 6.09. The topological polar surface area (TPSA) is 38.9 Å². The Morgan fingerprint density at radius 1 is 0.431 bits per heavy atom. The largest absolute Gasteiger partial charge is 0.455 e. The number of hydrogen-bond donors (Lipinski definition) is 0. The summed E-state index contributed by atoms with van der Waals surface area (Å²) < 4.78 is 6.43. The van der Waals surface area contributed by atoms with Crippen LogP contribution in [0.25, 0.3) is 78.1 Å². The molecule has 240 valence electrons. The van der Waals surface area contributed by atoms with Crippen LogP contribution < -0.4 is 0 Å². The van der Waals surface area contributed by atoms with Gasteiger partial charge < -0.3 is 4.42 Å². The van der Waals surface area contributed by atoms with E-state index in [9.17, 15) is 0 Å². The average molecular weight is 653 g/mol. The zero-order valence-electron chi connectivity index (χ0n) is 28.0. The molecule has 0 atom stereocenters. The summed E-state index contributed by atoms with van der Waals surface area (Å²) in [7, 11) is 0. The summed E-state index contributed by atoms with van der Waals surface area (Å²) in [6.45, 7) is 2.36. The second-order valence-corrected chi connectivity index (χ2v) is 13.5. The molecule has 0 unspecified atom stereocenters. The van der Waals surface area contributed by atoms with Gasteiger partial charge in [0.1, 0.15) is 11.2 Å². The predicted octanol–water partition coefficient (Wildman–Crippen LogP) is 12.4. The molecule has 3 heteroatoms. The minimum absolute atomic E-state index is 0.239. The maximum absolute atomic E-state index is 6.43. The van der Waals surface area contributed by atoms with E-state index in [1.54, 1.807) is 0 Å². The molecule has 51 heavy (non-hydrogen) atoms. The van der Waals surface area contributed by atoms with Crippen molar-refractivity contribution in [1.82, 2.24) is 9.97 Å². The molecular weight excluding hydrogens is 621 g/mol. The van der Waals surface area contributed by atoms with Crippen LogP contribution in [0.15, 0.2) is 180 Å². The van der Waals surface area contributed by atoms with Crippen LogP contribution in [0.5, 0.6) is 0 Å². The van der Waals surface area contributed by atoms with Crippen LogP contribution in [0.2, 0.25) is 0 Å². The number of hydrogen-bond acceptors (Lipinski definition) is 3. The fourth-order valence-corrected chi connectivity index (χ4v) is 8.01. The normalized spacial score (nSPS) is 13.0. The second kappa shape index (κ2) is 11.5. The van der Waals surface area contributed by atoms with Crippen molar-refractivity contribution in [1.29, 1.82) is 0 Å². The van der Waals surface area contributed by atoms with Crippen molar-refractivity contribution >= 4 is 21.9 Å². The molecule has 7 aromatic carbocycles. The number of rotatable bonds is 5. The maximum Gasteiger partial charge on any atom is 0.160 e. The van der Waals surface area contributed by atoms with E-state index in [0.717, 1.165) is 55.6 Å². The van der Waals surface area contributed by atoms with Gasteiger partial charge in [0, 0.05) is 32.9 Å². The van der Waals surface area contributed by atoms with Crippen molar-refractivity contribution in [3.63, 3.8) is 0 Å². The van der Waals surface area contributed by atoms with E-state index in [-0.39, 0.29) is 5.41 Å². The lowest BCUT2D eigenvalue weighted by Gasteiger charge is -2.28. The molecular formula is C48H32N2O. The molecule has 9 aromatic rings. The second-order valence-electron chi connectivity index (χ2n) is 13.5. The first-order valence-electron chi connectivity index (χ1n) is 17.4. The Kier molecular flexibility index (Phi) is 6.62. The molecule has 0 saturated carbocycles. The van der Waals surface area contributed by atoms with Crippen LogP contribution in [0.4, 0.5) is 0 Å². The molecule has 3 nitrogen and oxygen atoms in total. The fraction of sp³-hybridized carbons (Fsp3) is 0.0417. The summed E-state index contributed by atoms with van der Waals surface area (Å²) in [5, 5.41) is 2.18. The molecule has 0 bridgehead atoms. The molecule has 0 amide bonds. The lowest BCUT2D eigenvalue weighted by Crippen LogP contribution is -2.22. The van der Waals surface area contributed by atoms with Crippen LogP contribution in [-0.2, 0) is 5.41 Å². The van der Waals surface area contributed by atoms with Gasteiger partial charge in [-0.25, -0.2) is 9.97 Å². The van der Waals surface area contributed by atoms with Crippen LogP contribution in [0, 0.1) is 0 Å². The van der Waals surface area contributed by atoms with Gasteiger partial charge in [0.25, 0.3) is 0 Å². The van der Waals surface area contributed by atoms with Gasteiger partial charge in [-0.15, -0.1) is 0 Å². The molecule has 10 rings (SSSR count). The summed E-state index contributed by atoms with van der Waals surface area (Å²) in [4.78, 5) is 10.2. The number of nitrogens with zero attached hydrogens (tertiary/aromatic N) is 2. The van der Waals surface area contributed by atoms with Gasteiger partial charge in [-0.1, -0.05) is 152 Å². The van der Waals surface area contributed by atoms with E-state index in [4.69, 9.17) is 14.4 Å². The molecule has 0 fully saturated rings. The molecule has 2 aromatic heterocycles. The van der Waals surface area contributed by atoms with Crippen LogP contribution >= 0.6 is 0 Å². The minimum Gasteiger partial charge on any atom is -0.455 e. The summed E-state index contributed by atoms with van der Waals surface area (Å²) >= 11 is 0. The highest BCUT2D eigenvalue weighted by atomic mass is 16.3. The summed E-state index contributed by atoms with van der Waals surface area (Å²) in [6.07, 6.45) is 0. The van der Waals surface area contributed by atoms with Gasteiger partial charge in [0.05, 0.1) is 11.4 Å². The van der Waals surface area contributed by atoms with Crippen LogP contribution in [0.3, 0.4) is 0 Å². The monoisotopic (exact) mass is 652 g/mol. The molecule has 0 saturated heterocycles. The molecule has 0 N–H and O–H groups in total. The third-order valence-electron chi connectivity index (χ3n) is 10.6. The van der Waals surface area contributed by atoms with Gasteiger partial charge in [0.2, 0.25) is 0 Å². The molecule has 0 aliphatic heterocycles. The summed E-state index contributed by atoms with van der Waals surface area (Å²) in [5.74, 6) is 0.679. The standard InChI is InChI=1S/C48H32N2O/c1-48(41-22-8-5-17-36(41)37-18-6-9-23-42(37)48)35-16-11-15-34(29-35)31-25-27-32(28-26-31)43-30-44(50-47(49-43)33-13-3-2-4-14-33)40-21-12-20-39-38-19-7-10-24-45(38)51-46(39)40/h2-30H,1H3. The van der Waals surface area contributed by atoms with Gasteiger partial charge in [-0.2, -0.15) is 0 Å². The Bertz CT molecular complexity index is 2710. The SMILES string of the molecule is CC1(c2cccc(-c3ccc(-c4cc(-c5cccc6c5oc5ccccc56)nc(-c5ccccc5)n4)cc3)c2)c2ccccc2-c2ccccc21. The van der Waals surface area contributed by atoms with E-state index < -0.39 is 0 Å². The summed E-state index contributed by atoms with van der Waals surface area (Å²) in [6, 6.07) is 62.2. The van der Waals surface area contributed by atoms with E-state index in [0.29, 0.717) is 5.82 Å². The number of benzene rings is 7. The van der Waals surface area contributed by atoms with E-state index in [1.807, 2.05) is 36.4 Å². The Labute approximate surface area is 296 Å². The highest BCUT2D eigenvalue weighted by Gasteiger charge is 2.40. The minimum atomic E-state index is -0.239. The lowest BCUT2D eigenvalue weighted by molar-refractivity contribution is 0.670. The number of aromatic nitrogens is 2. The third-order valence-corrected chi connectivity index (χ3v) is 10.6. The molecule has 0 spiro atoms. The summed E-state index contributed by atoms with van der Waals surface area (Å²) in [5.41, 5.74) is 15.1. The van der Waals surface area contributed by atoms with E-state index in [2.05, 4.69) is 146 Å². The zero-order chi connectivity index (χ0) is 33.9. The number of furan rings is 1.